The van der Waals surface area contributed by atoms with E-state index in [1.165, 1.54) is 12.1 Å². The Morgan fingerprint density at radius 3 is 2.90 bits per heavy atom. The van der Waals surface area contributed by atoms with Gasteiger partial charge in [0.1, 0.15) is 5.82 Å². The molecule has 1 aromatic rings. The molecule has 21 heavy (non-hydrogen) atoms. The van der Waals surface area contributed by atoms with Crippen molar-refractivity contribution in [3.63, 3.8) is 0 Å². The third-order valence-electron chi connectivity index (χ3n) is 4.09. The summed E-state index contributed by atoms with van der Waals surface area (Å²) >= 11 is 0. The fraction of sp³-hybridized carbons (Fsp3) is 0.562. The predicted octanol–water partition coefficient (Wildman–Crippen LogP) is 3.07. The number of carbonyl (C=O) groups excluding carboxylic acids is 1. The fourth-order valence-corrected chi connectivity index (χ4v) is 2.93. The van der Waals surface area contributed by atoms with E-state index in [1.54, 1.807) is 12.1 Å². The van der Waals surface area contributed by atoms with Gasteiger partial charge in [0.15, 0.2) is 0 Å². The van der Waals surface area contributed by atoms with E-state index in [0.717, 1.165) is 32.5 Å². The van der Waals surface area contributed by atoms with Crippen LogP contribution in [-0.2, 0) is 0 Å². The smallest absolute Gasteiger partial charge is 0.321 e. The summed E-state index contributed by atoms with van der Waals surface area (Å²) in [7, 11) is 0. The average molecular weight is 293 g/mol. The van der Waals surface area contributed by atoms with Crippen molar-refractivity contribution in [3.05, 3.63) is 30.1 Å². The molecule has 1 saturated heterocycles. The Bertz CT molecular complexity index is 480. The summed E-state index contributed by atoms with van der Waals surface area (Å²) in [6, 6.07) is 6.33. The van der Waals surface area contributed by atoms with E-state index >= 15 is 0 Å². The summed E-state index contributed by atoms with van der Waals surface area (Å²) in [5.74, 6) is 0.127. The molecule has 0 aromatic heterocycles. The van der Waals surface area contributed by atoms with Crippen LogP contribution in [0.2, 0.25) is 0 Å². The number of carbonyl (C=O) groups is 1. The van der Waals surface area contributed by atoms with Crippen molar-refractivity contribution >= 4 is 11.7 Å². The first-order chi connectivity index (χ1) is 10.1. The zero-order chi connectivity index (χ0) is 15.2. The molecule has 2 rings (SSSR count). The van der Waals surface area contributed by atoms with E-state index in [9.17, 15) is 9.18 Å². The first kappa shape index (κ1) is 15.8. The second-order valence-electron chi connectivity index (χ2n) is 5.51. The Morgan fingerprint density at radius 2 is 2.24 bits per heavy atom. The summed E-state index contributed by atoms with van der Waals surface area (Å²) in [6.45, 7) is 6.69. The molecule has 2 amide bonds. The quantitative estimate of drug-likeness (QED) is 0.896. The number of halogens is 1. The van der Waals surface area contributed by atoms with E-state index in [1.807, 2.05) is 4.90 Å². The van der Waals surface area contributed by atoms with Gasteiger partial charge in [-0.3, -0.25) is 0 Å². The number of hydrogen-bond acceptors (Lipinski definition) is 2. The molecule has 116 valence electrons. The van der Waals surface area contributed by atoms with Crippen LogP contribution in [0.15, 0.2) is 24.3 Å². The van der Waals surface area contributed by atoms with Crippen LogP contribution in [0.4, 0.5) is 14.9 Å². The van der Waals surface area contributed by atoms with Crippen molar-refractivity contribution in [2.45, 2.75) is 32.7 Å². The average Bonchev–Trinajstić information content (AvgIpc) is 2.48. The van der Waals surface area contributed by atoms with Gasteiger partial charge in [0.05, 0.1) is 0 Å². The van der Waals surface area contributed by atoms with Crippen molar-refractivity contribution in [2.24, 2.45) is 5.92 Å². The summed E-state index contributed by atoms with van der Waals surface area (Å²) in [5.41, 5.74) is 0.502. The van der Waals surface area contributed by atoms with Gasteiger partial charge in [0.25, 0.3) is 0 Å². The van der Waals surface area contributed by atoms with Crippen molar-refractivity contribution in [1.82, 2.24) is 10.2 Å². The highest BCUT2D eigenvalue weighted by molar-refractivity contribution is 5.89. The van der Waals surface area contributed by atoms with Gasteiger partial charge >= 0.3 is 6.03 Å². The topological polar surface area (TPSA) is 44.4 Å². The number of nitrogens with one attached hydrogen (secondary N) is 2. The Balaban J connectivity index is 1.94. The monoisotopic (exact) mass is 293 g/mol. The maximum Gasteiger partial charge on any atom is 0.321 e. The molecular formula is C16H24FN3O. The largest absolute Gasteiger partial charge is 0.324 e. The van der Waals surface area contributed by atoms with E-state index in [0.29, 0.717) is 17.6 Å². The van der Waals surface area contributed by atoms with Gasteiger partial charge in [0, 0.05) is 24.8 Å². The molecule has 4 nitrogen and oxygen atoms in total. The number of rotatable bonds is 4. The SMILES string of the molecule is CCNC1CCN(C(=O)Nc2cccc(F)c2)CC1CC. The molecule has 1 aliphatic heterocycles. The van der Waals surface area contributed by atoms with Crippen molar-refractivity contribution in [2.75, 3.05) is 25.0 Å². The lowest BCUT2D eigenvalue weighted by molar-refractivity contribution is 0.151. The van der Waals surface area contributed by atoms with Crippen LogP contribution < -0.4 is 10.6 Å². The molecule has 2 unspecified atom stereocenters. The standard InChI is InChI=1S/C16H24FN3O/c1-3-12-11-20(9-8-15(12)18-4-2)16(21)19-14-7-5-6-13(17)10-14/h5-7,10,12,15,18H,3-4,8-9,11H2,1-2H3,(H,19,21). The molecule has 1 aromatic carbocycles. The number of amides is 2. The number of likely N-dealkylation sites (tertiary alicyclic amines) is 1. The summed E-state index contributed by atoms with van der Waals surface area (Å²) < 4.78 is 13.1. The van der Waals surface area contributed by atoms with E-state index in [-0.39, 0.29) is 11.8 Å². The van der Waals surface area contributed by atoms with Crippen molar-refractivity contribution in [1.29, 1.82) is 0 Å². The maximum atomic E-state index is 13.1. The minimum atomic E-state index is -0.343. The maximum absolute atomic E-state index is 13.1. The van der Waals surface area contributed by atoms with Crippen molar-refractivity contribution < 1.29 is 9.18 Å². The number of hydrogen-bond donors (Lipinski definition) is 2. The van der Waals surface area contributed by atoms with Crippen LogP contribution in [0.5, 0.6) is 0 Å². The predicted molar refractivity (Wildman–Crippen MR) is 82.9 cm³/mol. The van der Waals surface area contributed by atoms with Gasteiger partial charge < -0.3 is 15.5 Å². The fourth-order valence-electron chi connectivity index (χ4n) is 2.93. The van der Waals surface area contributed by atoms with Crippen LogP contribution in [0.3, 0.4) is 0 Å². The van der Waals surface area contributed by atoms with Crippen LogP contribution >= 0.6 is 0 Å². The number of urea groups is 1. The molecule has 2 atom stereocenters. The molecule has 0 spiro atoms. The van der Waals surface area contributed by atoms with Crippen molar-refractivity contribution in [3.8, 4) is 0 Å². The normalized spacial score (nSPS) is 22.1. The Hall–Kier alpha value is -1.62. The molecule has 0 aliphatic carbocycles. The lowest BCUT2D eigenvalue weighted by Gasteiger charge is -2.38. The number of nitrogens with zero attached hydrogens (tertiary/aromatic N) is 1. The number of benzene rings is 1. The molecule has 1 heterocycles. The van der Waals surface area contributed by atoms with Gasteiger partial charge in [-0.25, -0.2) is 9.18 Å². The zero-order valence-electron chi connectivity index (χ0n) is 12.7. The summed E-state index contributed by atoms with van der Waals surface area (Å²) in [4.78, 5) is 14.1. The highest BCUT2D eigenvalue weighted by Gasteiger charge is 2.29. The van der Waals surface area contributed by atoms with E-state index < -0.39 is 0 Å². The molecule has 2 N–H and O–H groups in total. The molecule has 0 bridgehead atoms. The second kappa shape index (κ2) is 7.41. The lowest BCUT2D eigenvalue weighted by Crippen LogP contribution is -2.51. The third-order valence-corrected chi connectivity index (χ3v) is 4.09. The highest BCUT2D eigenvalue weighted by Crippen LogP contribution is 2.21. The highest BCUT2D eigenvalue weighted by atomic mass is 19.1. The molecule has 1 aliphatic rings. The summed E-state index contributed by atoms with van der Waals surface area (Å²) in [6.07, 6.45) is 2.00. The summed E-state index contributed by atoms with van der Waals surface area (Å²) in [5, 5.41) is 6.26. The van der Waals surface area contributed by atoms with Crippen LogP contribution in [0.1, 0.15) is 26.7 Å². The van der Waals surface area contributed by atoms with Gasteiger partial charge in [0.2, 0.25) is 0 Å². The first-order valence-corrected chi connectivity index (χ1v) is 7.69. The zero-order valence-corrected chi connectivity index (χ0v) is 12.7. The molecule has 0 radical (unpaired) electrons. The van der Waals surface area contributed by atoms with Gasteiger partial charge in [-0.05, 0) is 37.1 Å². The lowest BCUT2D eigenvalue weighted by atomic mass is 9.90. The molecule has 0 saturated carbocycles. The molecular weight excluding hydrogens is 269 g/mol. The Kier molecular flexibility index (Phi) is 5.56. The first-order valence-electron chi connectivity index (χ1n) is 7.69. The van der Waals surface area contributed by atoms with Gasteiger partial charge in [-0.1, -0.05) is 26.3 Å². The van der Waals surface area contributed by atoms with Gasteiger partial charge in [-0.15, -0.1) is 0 Å². The third kappa shape index (κ3) is 4.17. The Labute approximate surface area is 125 Å². The second-order valence-corrected chi connectivity index (χ2v) is 5.51. The molecule has 1 fully saturated rings. The van der Waals surface area contributed by atoms with Crippen LogP contribution in [0.25, 0.3) is 0 Å². The number of anilines is 1. The minimum Gasteiger partial charge on any atom is -0.324 e. The van der Waals surface area contributed by atoms with Crippen LogP contribution in [-0.4, -0.2) is 36.6 Å². The van der Waals surface area contributed by atoms with Gasteiger partial charge in [-0.2, -0.15) is 0 Å². The van der Waals surface area contributed by atoms with E-state index in [4.69, 9.17) is 0 Å². The Morgan fingerprint density at radius 1 is 1.43 bits per heavy atom. The number of piperidine rings is 1. The minimum absolute atomic E-state index is 0.144. The van der Waals surface area contributed by atoms with Crippen LogP contribution in [0, 0.1) is 11.7 Å². The van der Waals surface area contributed by atoms with E-state index in [2.05, 4.69) is 24.5 Å². The molecule has 5 heteroatoms.